The second-order valence-electron chi connectivity index (χ2n) is 8.15. The normalized spacial score (nSPS) is 10.9. The maximum absolute atomic E-state index is 4.96. The van der Waals surface area contributed by atoms with Crippen LogP contribution < -0.4 is 0 Å². The van der Waals surface area contributed by atoms with Gasteiger partial charge in [0.05, 0.1) is 0 Å². The predicted octanol–water partition coefficient (Wildman–Crippen LogP) is 7.69. The molecule has 0 spiro atoms. The van der Waals surface area contributed by atoms with Crippen LogP contribution in [0.15, 0.2) is 127 Å². The molecule has 1 heterocycles. The quantitative estimate of drug-likeness (QED) is 0.285. The number of hydrogen-bond acceptors (Lipinski definition) is 3. The number of aromatic nitrogens is 3. The summed E-state index contributed by atoms with van der Waals surface area (Å²) in [5.74, 6) is 2.00. The smallest absolute Gasteiger partial charge is 0.164 e. The maximum atomic E-state index is 4.96. The number of benzene rings is 5. The third-order valence-corrected chi connectivity index (χ3v) is 5.91. The first-order valence-corrected chi connectivity index (χ1v) is 11.3. The average Bonchev–Trinajstić information content (AvgIpc) is 2.93. The number of hydrogen-bond donors (Lipinski definition) is 0. The molecule has 0 aliphatic heterocycles. The molecule has 0 saturated heterocycles. The summed E-state index contributed by atoms with van der Waals surface area (Å²) in [7, 11) is 0. The first-order valence-electron chi connectivity index (χ1n) is 11.3. The van der Waals surface area contributed by atoms with Crippen LogP contribution in [0.1, 0.15) is 0 Å². The molecule has 0 fully saturated rings. The molecular formula is C31H21N3. The van der Waals surface area contributed by atoms with Crippen LogP contribution in [0.2, 0.25) is 0 Å². The summed E-state index contributed by atoms with van der Waals surface area (Å²) in [6.07, 6.45) is 0. The van der Waals surface area contributed by atoms with Gasteiger partial charge >= 0.3 is 0 Å². The fourth-order valence-electron chi connectivity index (χ4n) is 4.22. The van der Waals surface area contributed by atoms with Gasteiger partial charge in [-0.25, -0.2) is 15.0 Å². The Bertz CT molecular complexity index is 1520. The van der Waals surface area contributed by atoms with Crippen LogP contribution in [0.25, 0.3) is 56.1 Å². The van der Waals surface area contributed by atoms with Crippen molar-refractivity contribution in [3.8, 4) is 45.3 Å². The molecule has 0 aliphatic carbocycles. The molecule has 0 radical (unpaired) electrons. The van der Waals surface area contributed by atoms with Gasteiger partial charge in [0.15, 0.2) is 17.5 Å². The van der Waals surface area contributed by atoms with Gasteiger partial charge < -0.3 is 0 Å². The lowest BCUT2D eigenvalue weighted by Crippen LogP contribution is -2.00. The van der Waals surface area contributed by atoms with E-state index >= 15 is 0 Å². The zero-order valence-corrected chi connectivity index (χ0v) is 18.5. The molecule has 3 heteroatoms. The van der Waals surface area contributed by atoms with E-state index in [1.165, 1.54) is 0 Å². The van der Waals surface area contributed by atoms with Crippen LogP contribution in [-0.2, 0) is 0 Å². The van der Waals surface area contributed by atoms with Crippen molar-refractivity contribution in [3.05, 3.63) is 127 Å². The van der Waals surface area contributed by atoms with E-state index in [0.717, 1.165) is 38.6 Å². The van der Waals surface area contributed by atoms with Gasteiger partial charge in [0, 0.05) is 16.7 Å². The van der Waals surface area contributed by atoms with Crippen molar-refractivity contribution in [2.24, 2.45) is 0 Å². The summed E-state index contributed by atoms with van der Waals surface area (Å²) in [4.78, 5) is 14.8. The van der Waals surface area contributed by atoms with E-state index in [0.29, 0.717) is 17.5 Å². The van der Waals surface area contributed by atoms with Crippen LogP contribution in [0, 0.1) is 0 Å². The van der Waals surface area contributed by atoms with Crippen LogP contribution >= 0.6 is 0 Å². The Morgan fingerprint density at radius 2 is 0.824 bits per heavy atom. The Morgan fingerprint density at radius 1 is 0.353 bits per heavy atom. The second kappa shape index (κ2) is 8.72. The van der Waals surface area contributed by atoms with Gasteiger partial charge in [0.2, 0.25) is 0 Å². The zero-order valence-electron chi connectivity index (χ0n) is 18.5. The molecule has 0 bridgehead atoms. The minimum absolute atomic E-state index is 0.665. The van der Waals surface area contributed by atoms with Crippen LogP contribution in [0.4, 0.5) is 0 Å². The van der Waals surface area contributed by atoms with E-state index in [9.17, 15) is 0 Å². The average molecular weight is 436 g/mol. The SMILES string of the molecule is c1ccc(-c2cc(-c3nc(-c4ccccc4)nc(-c4ccccc4)n3)c3ccccc3c2)cc1. The summed E-state index contributed by atoms with van der Waals surface area (Å²) in [5, 5.41) is 2.27. The third-order valence-electron chi connectivity index (χ3n) is 5.91. The van der Waals surface area contributed by atoms with Crippen molar-refractivity contribution < 1.29 is 0 Å². The van der Waals surface area contributed by atoms with Gasteiger partial charge in [-0.15, -0.1) is 0 Å². The monoisotopic (exact) mass is 435 g/mol. The molecule has 0 atom stereocenters. The molecule has 0 amide bonds. The lowest BCUT2D eigenvalue weighted by Gasteiger charge is -2.12. The maximum Gasteiger partial charge on any atom is 0.164 e. The summed E-state index contributed by atoms with van der Waals surface area (Å²) >= 11 is 0. The van der Waals surface area contributed by atoms with Gasteiger partial charge in [-0.05, 0) is 34.0 Å². The van der Waals surface area contributed by atoms with E-state index in [2.05, 4.69) is 60.7 Å². The summed E-state index contributed by atoms with van der Waals surface area (Å²) in [6, 6.07) is 43.4. The van der Waals surface area contributed by atoms with Crippen LogP contribution in [0.3, 0.4) is 0 Å². The van der Waals surface area contributed by atoms with Gasteiger partial charge in [-0.1, -0.05) is 115 Å². The van der Waals surface area contributed by atoms with E-state index in [4.69, 9.17) is 15.0 Å². The summed E-state index contributed by atoms with van der Waals surface area (Å²) < 4.78 is 0. The highest BCUT2D eigenvalue weighted by Crippen LogP contribution is 2.34. The number of fused-ring (bicyclic) bond motifs is 1. The first-order chi connectivity index (χ1) is 16.8. The third kappa shape index (κ3) is 3.84. The lowest BCUT2D eigenvalue weighted by molar-refractivity contribution is 1.08. The van der Waals surface area contributed by atoms with Crippen molar-refractivity contribution >= 4 is 10.8 Å². The van der Waals surface area contributed by atoms with Crippen molar-refractivity contribution in [2.45, 2.75) is 0 Å². The molecule has 34 heavy (non-hydrogen) atoms. The summed E-state index contributed by atoms with van der Waals surface area (Å²) in [5.41, 5.74) is 5.22. The molecule has 0 N–H and O–H groups in total. The van der Waals surface area contributed by atoms with Crippen LogP contribution in [-0.4, -0.2) is 15.0 Å². The van der Waals surface area contributed by atoms with Crippen molar-refractivity contribution in [2.75, 3.05) is 0 Å². The molecule has 0 aliphatic rings. The minimum atomic E-state index is 0.665. The number of nitrogens with zero attached hydrogens (tertiary/aromatic N) is 3. The van der Waals surface area contributed by atoms with Gasteiger partial charge in [-0.3, -0.25) is 0 Å². The van der Waals surface area contributed by atoms with E-state index < -0.39 is 0 Å². The van der Waals surface area contributed by atoms with Crippen molar-refractivity contribution in [1.29, 1.82) is 0 Å². The van der Waals surface area contributed by atoms with E-state index in [1.54, 1.807) is 0 Å². The molecule has 3 nitrogen and oxygen atoms in total. The molecule has 6 aromatic rings. The molecular weight excluding hydrogens is 414 g/mol. The van der Waals surface area contributed by atoms with Gasteiger partial charge in [0.1, 0.15) is 0 Å². The number of rotatable bonds is 4. The predicted molar refractivity (Wildman–Crippen MR) is 139 cm³/mol. The highest BCUT2D eigenvalue weighted by atomic mass is 15.0. The van der Waals surface area contributed by atoms with E-state index in [-0.39, 0.29) is 0 Å². The fourth-order valence-corrected chi connectivity index (χ4v) is 4.22. The highest BCUT2D eigenvalue weighted by Gasteiger charge is 2.15. The molecule has 1 aromatic heterocycles. The van der Waals surface area contributed by atoms with Gasteiger partial charge in [0.25, 0.3) is 0 Å². The Hall–Kier alpha value is -4.63. The first kappa shape index (κ1) is 20.0. The molecule has 160 valence electrons. The Kier molecular flexibility index (Phi) is 5.13. The van der Waals surface area contributed by atoms with Crippen molar-refractivity contribution in [3.63, 3.8) is 0 Å². The van der Waals surface area contributed by atoms with Crippen LogP contribution in [0.5, 0.6) is 0 Å². The Balaban J connectivity index is 1.63. The molecule has 5 aromatic carbocycles. The largest absolute Gasteiger partial charge is 0.208 e. The van der Waals surface area contributed by atoms with E-state index in [1.807, 2.05) is 66.7 Å². The molecule has 0 saturated carbocycles. The topological polar surface area (TPSA) is 38.7 Å². The summed E-state index contributed by atoms with van der Waals surface area (Å²) in [6.45, 7) is 0. The minimum Gasteiger partial charge on any atom is -0.208 e. The highest BCUT2D eigenvalue weighted by molar-refractivity contribution is 5.99. The fraction of sp³-hybridized carbons (Fsp3) is 0. The second-order valence-corrected chi connectivity index (χ2v) is 8.15. The lowest BCUT2D eigenvalue weighted by atomic mass is 9.96. The standard InChI is InChI=1S/C31H21N3/c1-4-12-22(13-5-1)26-20-25-18-10-11-19-27(25)28(21-26)31-33-29(23-14-6-2-7-15-23)32-30(34-31)24-16-8-3-9-17-24/h1-21H. The molecule has 6 rings (SSSR count). The Labute approximate surface area is 198 Å². The Morgan fingerprint density at radius 3 is 1.41 bits per heavy atom. The van der Waals surface area contributed by atoms with Crippen molar-refractivity contribution in [1.82, 2.24) is 15.0 Å². The zero-order chi connectivity index (χ0) is 22.7. The van der Waals surface area contributed by atoms with Gasteiger partial charge in [-0.2, -0.15) is 0 Å². The molecule has 0 unspecified atom stereocenters.